The molecule has 1 saturated carbocycles. The van der Waals surface area contributed by atoms with Crippen LogP contribution in [0.3, 0.4) is 0 Å². The van der Waals surface area contributed by atoms with Crippen molar-refractivity contribution >= 4 is 0 Å². The monoisotopic (exact) mass is 432 g/mol. The molecule has 0 bridgehead atoms. The summed E-state index contributed by atoms with van der Waals surface area (Å²) in [5, 5.41) is 22.0. The molecular weight excluding hydrogens is 396 g/mol. The normalized spacial score (nSPS) is 24.8. The van der Waals surface area contributed by atoms with E-state index in [1.807, 2.05) is 6.07 Å². The zero-order valence-electron chi connectivity index (χ0n) is 19.8. The number of hydrogen-bond acceptors (Lipinski definition) is 4. The molecule has 2 aliphatic rings. The molecule has 1 saturated heterocycles. The van der Waals surface area contributed by atoms with Gasteiger partial charge in [-0.05, 0) is 55.8 Å². The molecular formula is C28H36N2O2. The van der Waals surface area contributed by atoms with Gasteiger partial charge in [0.2, 0.25) is 0 Å². The Morgan fingerprint density at radius 2 is 1.72 bits per heavy atom. The molecule has 1 aliphatic heterocycles. The highest BCUT2D eigenvalue weighted by Gasteiger charge is 2.55. The van der Waals surface area contributed by atoms with Gasteiger partial charge in [0.1, 0.15) is 5.60 Å². The molecule has 1 unspecified atom stereocenters. The molecule has 1 aromatic carbocycles. The topological polar surface area (TPSA) is 56.6 Å². The van der Waals surface area contributed by atoms with E-state index >= 15 is 0 Å². The highest BCUT2D eigenvalue weighted by atomic mass is 16.3. The number of aromatic nitrogens is 1. The molecule has 2 aromatic rings. The van der Waals surface area contributed by atoms with Gasteiger partial charge in [-0.2, -0.15) is 0 Å². The molecule has 170 valence electrons. The van der Waals surface area contributed by atoms with Crippen LogP contribution in [0.25, 0.3) is 0 Å². The smallest absolute Gasteiger partial charge is 0.124 e. The third-order valence-corrected chi connectivity index (χ3v) is 7.38. The summed E-state index contributed by atoms with van der Waals surface area (Å²) in [6.07, 6.45) is 6.95. The SMILES string of the molecule is CC(C)c1ccc(C(O)(c2cncc(C#C[C@H]3CC[C@@H](O)CC3)c2)C2(C)CN(C)C2)cc1. The number of aliphatic hydroxyl groups excluding tert-OH is 1. The van der Waals surface area contributed by atoms with Gasteiger partial charge in [0.05, 0.1) is 6.10 Å². The first-order valence-electron chi connectivity index (χ1n) is 11.9. The highest BCUT2D eigenvalue weighted by Crippen LogP contribution is 2.50. The molecule has 2 fully saturated rings. The number of aliphatic hydroxyl groups is 2. The molecule has 2 heterocycles. The molecule has 1 aromatic heterocycles. The number of nitrogens with zero attached hydrogens (tertiary/aromatic N) is 2. The fraction of sp³-hybridized carbons (Fsp3) is 0.536. The van der Waals surface area contributed by atoms with E-state index < -0.39 is 5.60 Å². The van der Waals surface area contributed by atoms with Crippen LogP contribution in [0.1, 0.15) is 74.6 Å². The lowest BCUT2D eigenvalue weighted by Gasteiger charge is -2.55. The summed E-state index contributed by atoms with van der Waals surface area (Å²) in [6, 6.07) is 10.4. The van der Waals surface area contributed by atoms with Gasteiger partial charge in [0, 0.05) is 47.9 Å². The Hall–Kier alpha value is -2.19. The average molecular weight is 433 g/mol. The van der Waals surface area contributed by atoms with E-state index in [1.54, 1.807) is 12.4 Å². The van der Waals surface area contributed by atoms with Crippen molar-refractivity contribution in [3.63, 3.8) is 0 Å². The summed E-state index contributed by atoms with van der Waals surface area (Å²) >= 11 is 0. The Morgan fingerprint density at radius 3 is 2.31 bits per heavy atom. The van der Waals surface area contributed by atoms with Crippen LogP contribution in [0.5, 0.6) is 0 Å². The van der Waals surface area contributed by atoms with E-state index in [1.165, 1.54) is 5.56 Å². The van der Waals surface area contributed by atoms with Crippen LogP contribution < -0.4 is 0 Å². The maximum absolute atomic E-state index is 12.3. The predicted molar refractivity (Wildman–Crippen MR) is 128 cm³/mol. The van der Waals surface area contributed by atoms with Gasteiger partial charge in [-0.15, -0.1) is 0 Å². The first-order valence-corrected chi connectivity index (χ1v) is 11.9. The molecule has 0 radical (unpaired) electrons. The lowest BCUT2D eigenvalue weighted by Crippen LogP contribution is -2.63. The van der Waals surface area contributed by atoms with E-state index in [9.17, 15) is 10.2 Å². The van der Waals surface area contributed by atoms with Gasteiger partial charge in [-0.25, -0.2) is 0 Å². The van der Waals surface area contributed by atoms with E-state index in [4.69, 9.17) is 0 Å². The van der Waals surface area contributed by atoms with Gasteiger partial charge in [0.25, 0.3) is 0 Å². The van der Waals surface area contributed by atoms with Crippen LogP contribution >= 0.6 is 0 Å². The van der Waals surface area contributed by atoms with Crippen molar-refractivity contribution < 1.29 is 10.2 Å². The Bertz CT molecular complexity index is 990. The van der Waals surface area contributed by atoms with Gasteiger partial charge in [-0.3, -0.25) is 4.98 Å². The summed E-state index contributed by atoms with van der Waals surface area (Å²) in [4.78, 5) is 6.71. The minimum Gasteiger partial charge on any atom is -0.393 e. The largest absolute Gasteiger partial charge is 0.393 e. The maximum Gasteiger partial charge on any atom is 0.124 e. The molecule has 4 nitrogen and oxygen atoms in total. The van der Waals surface area contributed by atoms with Crippen molar-refractivity contribution in [3.05, 3.63) is 65.0 Å². The van der Waals surface area contributed by atoms with Crippen LogP contribution in [-0.2, 0) is 5.60 Å². The second kappa shape index (κ2) is 8.98. The molecule has 2 N–H and O–H groups in total. The van der Waals surface area contributed by atoms with Gasteiger partial charge >= 0.3 is 0 Å². The first-order chi connectivity index (χ1) is 15.2. The van der Waals surface area contributed by atoms with Gasteiger partial charge < -0.3 is 15.1 Å². The van der Waals surface area contributed by atoms with Crippen LogP contribution in [0, 0.1) is 23.2 Å². The number of pyridine rings is 1. The summed E-state index contributed by atoms with van der Waals surface area (Å²) in [6.45, 7) is 8.16. The van der Waals surface area contributed by atoms with Crippen LogP contribution in [0.2, 0.25) is 0 Å². The highest BCUT2D eigenvalue weighted by molar-refractivity contribution is 5.44. The van der Waals surface area contributed by atoms with E-state index in [0.29, 0.717) is 11.8 Å². The maximum atomic E-state index is 12.3. The summed E-state index contributed by atoms with van der Waals surface area (Å²) in [7, 11) is 2.09. The van der Waals surface area contributed by atoms with Crippen molar-refractivity contribution in [3.8, 4) is 11.8 Å². The Morgan fingerprint density at radius 1 is 1.06 bits per heavy atom. The molecule has 4 rings (SSSR count). The van der Waals surface area contributed by atoms with Crippen molar-refractivity contribution in [1.29, 1.82) is 0 Å². The predicted octanol–water partition coefficient (Wildman–Crippen LogP) is 4.30. The zero-order valence-corrected chi connectivity index (χ0v) is 19.8. The van der Waals surface area contributed by atoms with Crippen molar-refractivity contribution in [1.82, 2.24) is 9.88 Å². The Kier molecular flexibility index (Phi) is 6.45. The average Bonchev–Trinajstić information content (AvgIpc) is 2.77. The second-order valence-corrected chi connectivity index (χ2v) is 10.5. The van der Waals surface area contributed by atoms with Crippen LogP contribution in [0.15, 0.2) is 42.7 Å². The molecule has 0 amide bonds. The molecule has 0 spiro atoms. The summed E-state index contributed by atoms with van der Waals surface area (Å²) < 4.78 is 0. The zero-order chi connectivity index (χ0) is 22.9. The lowest BCUT2D eigenvalue weighted by atomic mass is 9.62. The van der Waals surface area contributed by atoms with Crippen molar-refractivity contribution in [2.75, 3.05) is 20.1 Å². The van der Waals surface area contributed by atoms with E-state index in [2.05, 4.69) is 73.8 Å². The van der Waals surface area contributed by atoms with Gasteiger partial charge in [-0.1, -0.05) is 56.9 Å². The number of likely N-dealkylation sites (tertiary alicyclic amines) is 1. The fourth-order valence-corrected chi connectivity index (χ4v) is 5.46. The van der Waals surface area contributed by atoms with Crippen LogP contribution in [0.4, 0.5) is 0 Å². The number of hydrogen-bond donors (Lipinski definition) is 2. The number of rotatable bonds is 4. The Labute approximate surface area is 192 Å². The third-order valence-electron chi connectivity index (χ3n) is 7.38. The Balaban J connectivity index is 1.69. The van der Waals surface area contributed by atoms with Crippen molar-refractivity contribution in [2.24, 2.45) is 11.3 Å². The quantitative estimate of drug-likeness (QED) is 0.708. The summed E-state index contributed by atoms with van der Waals surface area (Å²) in [5.74, 6) is 7.45. The van der Waals surface area contributed by atoms with Gasteiger partial charge in [0.15, 0.2) is 0 Å². The minimum atomic E-state index is -1.14. The molecule has 1 aliphatic carbocycles. The fourth-order valence-electron chi connectivity index (χ4n) is 5.46. The molecule has 1 atom stereocenters. The number of benzene rings is 1. The first kappa shape index (κ1) is 23.0. The summed E-state index contributed by atoms with van der Waals surface area (Å²) in [5.41, 5.74) is 2.36. The third kappa shape index (κ3) is 4.35. The van der Waals surface area contributed by atoms with E-state index in [-0.39, 0.29) is 11.5 Å². The van der Waals surface area contributed by atoms with Crippen LogP contribution in [-0.4, -0.2) is 46.3 Å². The minimum absolute atomic E-state index is 0.170. The second-order valence-electron chi connectivity index (χ2n) is 10.5. The lowest BCUT2D eigenvalue weighted by molar-refractivity contribution is -0.127. The standard InChI is InChI=1S/C28H36N2O2/c1-20(2)23-9-11-24(12-10-23)28(32,27(3)18-30(4)19-27)25-15-22(16-29-17-25)6-5-21-7-13-26(31)14-8-21/h9-12,15-17,20-21,26,31-32H,7-8,13-14,18-19H2,1-4H3/t21-,26+,28?. The molecule has 32 heavy (non-hydrogen) atoms. The van der Waals surface area contributed by atoms with E-state index in [0.717, 1.165) is 55.5 Å². The molecule has 4 heteroatoms. The van der Waals surface area contributed by atoms with Crippen molar-refractivity contribution in [2.45, 2.75) is 64.1 Å².